The van der Waals surface area contributed by atoms with Gasteiger partial charge in [-0.3, -0.25) is 14.3 Å². The van der Waals surface area contributed by atoms with Crippen molar-refractivity contribution in [3.63, 3.8) is 0 Å². The topological polar surface area (TPSA) is 96.8 Å². The molecule has 36 heavy (non-hydrogen) atoms. The van der Waals surface area contributed by atoms with E-state index in [0.717, 1.165) is 15.2 Å². The van der Waals surface area contributed by atoms with E-state index in [0.29, 0.717) is 5.69 Å². The van der Waals surface area contributed by atoms with E-state index in [2.05, 4.69) is 9.97 Å². The van der Waals surface area contributed by atoms with Crippen LogP contribution in [0.2, 0.25) is 5.02 Å². The average Bonchev–Trinajstić information content (AvgIpc) is 2.82. The molecule has 3 heterocycles. The molecule has 0 aliphatic carbocycles. The molecule has 188 valence electrons. The summed E-state index contributed by atoms with van der Waals surface area (Å²) < 4.78 is 55.5. The minimum Gasteiger partial charge on any atom is -0.357 e. The lowest BCUT2D eigenvalue weighted by atomic mass is 9.95. The highest BCUT2D eigenvalue weighted by Crippen LogP contribution is 2.37. The van der Waals surface area contributed by atoms with Gasteiger partial charge in [0.1, 0.15) is 18.2 Å². The van der Waals surface area contributed by atoms with E-state index in [1.165, 1.54) is 29.4 Å². The number of piperidine rings is 1. The van der Waals surface area contributed by atoms with Crippen molar-refractivity contribution in [1.82, 2.24) is 19.1 Å². The standard InChI is InChI=1S/C23H19ClF4N6O2/c1-13-11-30-12-18(31-13)34-21(35)19(14-2-3-17(25)16(24)10-14)20(33(9-6-29)22(34)36)32-7-4-15(5-8-32)23(26,27)28/h2-3,10-12,15H,4-5,7-9H2,1H3. The molecule has 3 aromatic rings. The lowest BCUT2D eigenvalue weighted by Gasteiger charge is -2.36. The Morgan fingerprint density at radius 2 is 1.89 bits per heavy atom. The molecule has 13 heteroatoms. The van der Waals surface area contributed by atoms with Gasteiger partial charge < -0.3 is 4.90 Å². The first kappa shape index (κ1) is 25.4. The monoisotopic (exact) mass is 522 g/mol. The summed E-state index contributed by atoms with van der Waals surface area (Å²) >= 11 is 5.97. The van der Waals surface area contributed by atoms with E-state index in [4.69, 9.17) is 11.6 Å². The van der Waals surface area contributed by atoms with Crippen LogP contribution < -0.4 is 16.1 Å². The number of hydrogen-bond acceptors (Lipinski definition) is 6. The maximum atomic E-state index is 13.9. The molecule has 1 fully saturated rings. The van der Waals surface area contributed by atoms with E-state index in [1.807, 2.05) is 6.07 Å². The molecule has 0 bridgehead atoms. The Labute approximate surface area is 207 Å². The molecule has 0 saturated carbocycles. The van der Waals surface area contributed by atoms with Gasteiger partial charge in [-0.15, -0.1) is 0 Å². The van der Waals surface area contributed by atoms with Crippen LogP contribution in [0.5, 0.6) is 0 Å². The molecule has 0 spiro atoms. The fourth-order valence-corrected chi connectivity index (χ4v) is 4.45. The Hall–Kier alpha value is -3.72. The number of alkyl halides is 3. The van der Waals surface area contributed by atoms with Crippen LogP contribution in [-0.2, 0) is 6.54 Å². The third-order valence-corrected chi connectivity index (χ3v) is 6.27. The second-order valence-corrected chi connectivity index (χ2v) is 8.72. The van der Waals surface area contributed by atoms with Gasteiger partial charge in [0, 0.05) is 19.3 Å². The highest BCUT2D eigenvalue weighted by molar-refractivity contribution is 6.31. The lowest BCUT2D eigenvalue weighted by Crippen LogP contribution is -2.46. The molecule has 0 unspecified atom stereocenters. The summed E-state index contributed by atoms with van der Waals surface area (Å²) in [6, 6.07) is 5.36. The van der Waals surface area contributed by atoms with Gasteiger partial charge in [-0.05, 0) is 37.5 Å². The molecular weight excluding hydrogens is 504 g/mol. The lowest BCUT2D eigenvalue weighted by molar-refractivity contribution is -0.179. The molecule has 0 N–H and O–H groups in total. The van der Waals surface area contributed by atoms with Crippen LogP contribution in [0.1, 0.15) is 18.5 Å². The van der Waals surface area contributed by atoms with Gasteiger partial charge in [-0.25, -0.2) is 18.7 Å². The zero-order valence-electron chi connectivity index (χ0n) is 18.9. The van der Waals surface area contributed by atoms with E-state index in [-0.39, 0.29) is 53.7 Å². The van der Waals surface area contributed by atoms with Gasteiger partial charge in [0.05, 0.1) is 34.5 Å². The fraction of sp³-hybridized carbons (Fsp3) is 0.348. The van der Waals surface area contributed by atoms with Crippen molar-refractivity contribution in [3.05, 3.63) is 68.0 Å². The van der Waals surface area contributed by atoms with Crippen molar-refractivity contribution in [3.8, 4) is 23.0 Å². The summed E-state index contributed by atoms with van der Waals surface area (Å²) in [4.78, 5) is 36.9. The Balaban J connectivity index is 2.02. The number of nitrogens with zero attached hydrogens (tertiary/aromatic N) is 6. The summed E-state index contributed by atoms with van der Waals surface area (Å²) in [5, 5.41) is 9.17. The van der Waals surface area contributed by atoms with Gasteiger partial charge in [-0.1, -0.05) is 17.7 Å². The highest BCUT2D eigenvalue weighted by atomic mass is 35.5. The van der Waals surface area contributed by atoms with E-state index in [1.54, 1.807) is 6.92 Å². The molecule has 1 aliphatic heterocycles. The van der Waals surface area contributed by atoms with E-state index in [9.17, 15) is 32.4 Å². The summed E-state index contributed by atoms with van der Waals surface area (Å²) in [5.74, 6) is -2.42. The second-order valence-electron chi connectivity index (χ2n) is 8.32. The van der Waals surface area contributed by atoms with Crippen molar-refractivity contribution in [1.29, 1.82) is 5.26 Å². The van der Waals surface area contributed by atoms with Crippen LogP contribution >= 0.6 is 11.6 Å². The largest absolute Gasteiger partial charge is 0.391 e. The second kappa shape index (κ2) is 9.73. The van der Waals surface area contributed by atoms with Gasteiger partial charge in [0.2, 0.25) is 0 Å². The maximum Gasteiger partial charge on any atom is 0.391 e. The molecule has 2 aromatic heterocycles. The summed E-state index contributed by atoms with van der Waals surface area (Å²) in [5.41, 5.74) is -1.35. The molecule has 1 aromatic carbocycles. The van der Waals surface area contributed by atoms with Gasteiger partial charge in [0.15, 0.2) is 5.82 Å². The Bertz CT molecular complexity index is 1470. The summed E-state index contributed by atoms with van der Waals surface area (Å²) in [6.07, 6.45) is -2.29. The molecular formula is C23H19ClF4N6O2. The van der Waals surface area contributed by atoms with Crippen LogP contribution in [0.3, 0.4) is 0 Å². The van der Waals surface area contributed by atoms with Crippen molar-refractivity contribution in [2.24, 2.45) is 5.92 Å². The molecule has 4 rings (SSSR count). The maximum absolute atomic E-state index is 13.9. The zero-order chi connectivity index (χ0) is 26.2. The number of aryl methyl sites for hydroxylation is 1. The predicted molar refractivity (Wildman–Crippen MR) is 124 cm³/mol. The summed E-state index contributed by atoms with van der Waals surface area (Å²) in [7, 11) is 0. The number of hydrogen-bond donors (Lipinski definition) is 0. The molecule has 1 saturated heterocycles. The van der Waals surface area contributed by atoms with Gasteiger partial charge >= 0.3 is 11.9 Å². The third kappa shape index (κ3) is 4.70. The van der Waals surface area contributed by atoms with Crippen LogP contribution in [0.15, 0.2) is 40.2 Å². The normalized spacial score (nSPS) is 14.6. The smallest absolute Gasteiger partial charge is 0.357 e. The fourth-order valence-electron chi connectivity index (χ4n) is 4.27. The van der Waals surface area contributed by atoms with Crippen LogP contribution in [-0.4, -0.2) is 38.4 Å². The highest BCUT2D eigenvalue weighted by Gasteiger charge is 2.42. The quantitative estimate of drug-likeness (QED) is 0.483. The number of halogens is 5. The zero-order valence-corrected chi connectivity index (χ0v) is 19.6. The first-order valence-electron chi connectivity index (χ1n) is 10.9. The number of nitriles is 1. The minimum atomic E-state index is -4.38. The number of benzene rings is 1. The van der Waals surface area contributed by atoms with Crippen molar-refractivity contribution in [2.75, 3.05) is 18.0 Å². The molecule has 1 aliphatic rings. The number of anilines is 1. The average molecular weight is 523 g/mol. The molecule has 0 atom stereocenters. The third-order valence-electron chi connectivity index (χ3n) is 5.98. The Morgan fingerprint density at radius 3 is 2.47 bits per heavy atom. The Morgan fingerprint density at radius 1 is 1.19 bits per heavy atom. The SMILES string of the molecule is Cc1cncc(-n2c(=O)c(-c3ccc(F)c(Cl)c3)c(N3CCC(C(F)(F)F)CC3)n(CC#N)c2=O)n1. The minimum absolute atomic E-state index is 0.0355. The van der Waals surface area contributed by atoms with Crippen LogP contribution in [0, 0.1) is 30.0 Å². The van der Waals surface area contributed by atoms with Crippen LogP contribution in [0.25, 0.3) is 16.9 Å². The van der Waals surface area contributed by atoms with E-state index >= 15 is 0 Å². The number of aromatic nitrogens is 4. The Kier molecular flexibility index (Phi) is 6.86. The van der Waals surface area contributed by atoms with Crippen molar-refractivity contribution >= 4 is 17.4 Å². The molecule has 8 nitrogen and oxygen atoms in total. The predicted octanol–water partition coefficient (Wildman–Crippen LogP) is 3.86. The van der Waals surface area contributed by atoms with Crippen LogP contribution in [0.4, 0.5) is 23.4 Å². The van der Waals surface area contributed by atoms with Crippen molar-refractivity contribution < 1.29 is 17.6 Å². The molecule has 0 radical (unpaired) electrons. The van der Waals surface area contributed by atoms with E-state index < -0.39 is 35.7 Å². The van der Waals surface area contributed by atoms with Gasteiger partial charge in [-0.2, -0.15) is 18.4 Å². The number of rotatable bonds is 4. The first-order chi connectivity index (χ1) is 17.0. The van der Waals surface area contributed by atoms with Crippen molar-refractivity contribution in [2.45, 2.75) is 32.5 Å². The first-order valence-corrected chi connectivity index (χ1v) is 11.2. The summed E-state index contributed by atoms with van der Waals surface area (Å²) in [6.45, 7) is 0.860. The van der Waals surface area contributed by atoms with Gasteiger partial charge in [0.25, 0.3) is 5.56 Å². The molecule has 0 amide bonds.